The first kappa shape index (κ1) is 19.2. The molecule has 1 aromatic carbocycles. The van der Waals surface area contributed by atoms with E-state index in [0.29, 0.717) is 19.7 Å². The molecule has 0 amide bonds. The third-order valence-electron chi connectivity index (χ3n) is 5.81. The maximum atomic E-state index is 15.6. The van der Waals surface area contributed by atoms with Gasteiger partial charge in [0.15, 0.2) is 11.6 Å². The normalized spacial score (nSPS) is 27.9. The number of hydrogen-bond acceptors (Lipinski definition) is 6. The number of halogens is 3. The van der Waals surface area contributed by atoms with Gasteiger partial charge in [0.2, 0.25) is 5.43 Å². The Hall–Kier alpha value is -2.79. The zero-order chi connectivity index (χ0) is 21.2. The minimum Gasteiger partial charge on any atom is -0.449 e. The molecule has 3 heterocycles. The molecule has 160 valence electrons. The molecule has 1 aliphatic carbocycles. The molecular formula is C19H18F3N3O5. The molecular weight excluding hydrogens is 407 g/mol. The molecule has 0 unspecified atom stereocenters. The van der Waals surface area contributed by atoms with E-state index in [1.165, 1.54) is 4.90 Å². The van der Waals surface area contributed by atoms with Crippen LogP contribution in [0.3, 0.4) is 0 Å². The van der Waals surface area contributed by atoms with E-state index in [-0.39, 0.29) is 36.3 Å². The van der Waals surface area contributed by atoms with E-state index in [2.05, 4.69) is 10.1 Å². The van der Waals surface area contributed by atoms with Crippen LogP contribution >= 0.6 is 0 Å². The van der Waals surface area contributed by atoms with E-state index < -0.39 is 46.6 Å². The van der Waals surface area contributed by atoms with Crippen molar-refractivity contribution in [2.75, 3.05) is 31.1 Å². The van der Waals surface area contributed by atoms with Crippen LogP contribution in [0.1, 0.15) is 12.5 Å². The molecule has 1 aromatic heterocycles. The van der Waals surface area contributed by atoms with Gasteiger partial charge in [-0.15, -0.1) is 0 Å². The second kappa shape index (κ2) is 6.88. The van der Waals surface area contributed by atoms with Crippen molar-refractivity contribution in [2.24, 2.45) is 0 Å². The summed E-state index contributed by atoms with van der Waals surface area (Å²) in [6, 6.07) is -0.0173. The van der Waals surface area contributed by atoms with Gasteiger partial charge in [0.05, 0.1) is 41.9 Å². The van der Waals surface area contributed by atoms with Gasteiger partial charge in [-0.3, -0.25) is 4.79 Å². The van der Waals surface area contributed by atoms with Gasteiger partial charge in [0.1, 0.15) is 17.7 Å². The number of hydrogen-bond donors (Lipinski definition) is 2. The summed E-state index contributed by atoms with van der Waals surface area (Å²) < 4.78 is 55.7. The first-order chi connectivity index (χ1) is 14.3. The number of nitrogens with one attached hydrogen (secondary N) is 1. The Balaban J connectivity index is 1.67. The average molecular weight is 425 g/mol. The van der Waals surface area contributed by atoms with E-state index in [1.54, 1.807) is 0 Å². The van der Waals surface area contributed by atoms with Crippen LogP contribution in [-0.4, -0.2) is 60.4 Å². The molecule has 0 spiro atoms. The van der Waals surface area contributed by atoms with Gasteiger partial charge >= 0.3 is 6.16 Å². The Labute approximate surface area is 167 Å². The van der Waals surface area contributed by atoms with Gasteiger partial charge in [-0.1, -0.05) is 0 Å². The lowest BCUT2D eigenvalue weighted by molar-refractivity contribution is 0.0212. The van der Waals surface area contributed by atoms with Crippen molar-refractivity contribution >= 4 is 22.7 Å². The standard InChI is InChI=1S/C19H18F3N3O5/c20-9-4-12(9)25-7-14(30-19(27)28)18(26)8-3-10(21)17(15(22)16(8)25)24-5-11-13(6-24)29-2-1-23-11/h3,7,9,11-13,23H,1-2,4-6H2,(H,27,28)/t9-,11-,12+,13-/m0/s1. The average Bonchev–Trinajstić information content (AvgIpc) is 3.26. The topological polar surface area (TPSA) is 93.0 Å². The molecule has 2 N–H and O–H groups in total. The molecule has 1 saturated carbocycles. The summed E-state index contributed by atoms with van der Waals surface area (Å²) in [6.07, 6.45) is -2.21. The smallest absolute Gasteiger partial charge is 0.449 e. The minimum absolute atomic E-state index is 0.0717. The van der Waals surface area contributed by atoms with E-state index in [1.807, 2.05) is 0 Å². The highest BCUT2D eigenvalue weighted by Gasteiger charge is 2.42. The molecule has 30 heavy (non-hydrogen) atoms. The zero-order valence-electron chi connectivity index (χ0n) is 15.6. The summed E-state index contributed by atoms with van der Waals surface area (Å²) in [5.74, 6) is -2.60. The highest BCUT2D eigenvalue weighted by Crippen LogP contribution is 2.43. The fraction of sp³-hybridized carbons (Fsp3) is 0.474. The number of ether oxygens (including phenoxy) is 2. The molecule has 2 aliphatic heterocycles. The van der Waals surface area contributed by atoms with Crippen LogP contribution in [0.4, 0.5) is 23.7 Å². The summed E-state index contributed by atoms with van der Waals surface area (Å²) in [6.45, 7) is 1.71. The van der Waals surface area contributed by atoms with Crippen LogP contribution in [0.15, 0.2) is 17.1 Å². The number of rotatable bonds is 3. The monoisotopic (exact) mass is 425 g/mol. The van der Waals surface area contributed by atoms with Gasteiger partial charge in [-0.25, -0.2) is 18.0 Å². The molecule has 0 radical (unpaired) electrons. The van der Waals surface area contributed by atoms with Crippen molar-refractivity contribution in [1.29, 1.82) is 0 Å². The Kier molecular flexibility index (Phi) is 4.40. The number of anilines is 1. The molecule has 5 rings (SSSR count). The summed E-state index contributed by atoms with van der Waals surface area (Å²) in [5, 5.41) is 11.7. The number of carbonyl (C=O) groups is 1. The van der Waals surface area contributed by atoms with Gasteiger partial charge in [0, 0.05) is 26.1 Å². The highest BCUT2D eigenvalue weighted by molar-refractivity contribution is 5.86. The Bertz CT molecular complexity index is 1090. The van der Waals surface area contributed by atoms with Crippen molar-refractivity contribution in [3.8, 4) is 5.75 Å². The molecule has 0 bridgehead atoms. The number of morpholine rings is 1. The lowest BCUT2D eigenvalue weighted by atomic mass is 10.1. The quantitative estimate of drug-likeness (QED) is 0.725. The van der Waals surface area contributed by atoms with Gasteiger partial charge < -0.3 is 29.4 Å². The number of benzene rings is 1. The molecule has 4 atom stereocenters. The van der Waals surface area contributed by atoms with Gasteiger partial charge in [-0.05, 0) is 6.07 Å². The first-order valence-corrected chi connectivity index (χ1v) is 9.56. The molecule has 3 aliphatic rings. The molecule has 2 saturated heterocycles. The lowest BCUT2D eigenvalue weighted by Crippen LogP contribution is -2.47. The van der Waals surface area contributed by atoms with E-state index in [9.17, 15) is 18.4 Å². The van der Waals surface area contributed by atoms with Gasteiger partial charge in [-0.2, -0.15) is 0 Å². The van der Waals surface area contributed by atoms with Crippen molar-refractivity contribution in [3.05, 3.63) is 34.1 Å². The van der Waals surface area contributed by atoms with Crippen molar-refractivity contribution in [1.82, 2.24) is 9.88 Å². The number of alkyl halides is 1. The number of nitrogens with zero attached hydrogens (tertiary/aromatic N) is 2. The number of pyridine rings is 1. The summed E-state index contributed by atoms with van der Waals surface area (Å²) >= 11 is 0. The fourth-order valence-electron chi connectivity index (χ4n) is 4.34. The molecule has 8 nitrogen and oxygen atoms in total. The van der Waals surface area contributed by atoms with Crippen molar-refractivity contribution < 1.29 is 32.5 Å². The molecule has 2 aromatic rings. The van der Waals surface area contributed by atoms with Crippen molar-refractivity contribution in [3.63, 3.8) is 0 Å². The van der Waals surface area contributed by atoms with Crippen LogP contribution in [0.2, 0.25) is 0 Å². The predicted octanol–water partition coefficient (Wildman–Crippen LogP) is 1.80. The largest absolute Gasteiger partial charge is 0.511 e. The summed E-state index contributed by atoms with van der Waals surface area (Å²) in [4.78, 5) is 25.0. The Morgan fingerprint density at radius 1 is 1.33 bits per heavy atom. The second-order valence-electron chi connectivity index (χ2n) is 7.71. The number of carboxylic acid groups (broad SMARTS) is 1. The Morgan fingerprint density at radius 3 is 2.77 bits per heavy atom. The summed E-state index contributed by atoms with van der Waals surface area (Å²) in [7, 11) is 0. The van der Waals surface area contributed by atoms with E-state index >= 15 is 4.39 Å². The van der Waals surface area contributed by atoms with Crippen LogP contribution in [0.25, 0.3) is 10.9 Å². The lowest BCUT2D eigenvalue weighted by Gasteiger charge is -2.25. The highest BCUT2D eigenvalue weighted by atomic mass is 19.1. The Morgan fingerprint density at radius 2 is 2.10 bits per heavy atom. The number of fused-ring (bicyclic) bond motifs is 2. The number of aromatic nitrogens is 1. The van der Waals surface area contributed by atoms with Crippen LogP contribution in [0, 0.1) is 11.6 Å². The maximum Gasteiger partial charge on any atom is 0.511 e. The zero-order valence-corrected chi connectivity index (χ0v) is 15.6. The van der Waals surface area contributed by atoms with Gasteiger partial charge in [0.25, 0.3) is 0 Å². The third kappa shape index (κ3) is 3.00. The van der Waals surface area contributed by atoms with Crippen LogP contribution < -0.4 is 20.4 Å². The molecule has 3 fully saturated rings. The third-order valence-corrected chi connectivity index (χ3v) is 5.81. The van der Waals surface area contributed by atoms with Crippen LogP contribution in [-0.2, 0) is 4.74 Å². The van der Waals surface area contributed by atoms with Crippen LogP contribution in [0.5, 0.6) is 5.75 Å². The second-order valence-corrected chi connectivity index (χ2v) is 7.71. The fourth-order valence-corrected chi connectivity index (χ4v) is 4.34. The summed E-state index contributed by atoms with van der Waals surface area (Å²) in [5.41, 5.74) is -1.58. The minimum atomic E-state index is -1.75. The SMILES string of the molecule is O=C(O)Oc1cn([C@@H]2C[C@@H]2F)c2c(F)c(N3C[C@@H]4NCCO[C@H]4C3)c(F)cc2c1=O. The van der Waals surface area contributed by atoms with E-state index in [0.717, 1.165) is 16.8 Å². The first-order valence-electron chi connectivity index (χ1n) is 9.56. The maximum absolute atomic E-state index is 15.6. The predicted molar refractivity (Wildman–Crippen MR) is 99.1 cm³/mol. The van der Waals surface area contributed by atoms with Crippen molar-refractivity contribution in [2.45, 2.75) is 30.8 Å². The molecule has 11 heteroatoms. The van der Waals surface area contributed by atoms with E-state index in [4.69, 9.17) is 9.84 Å².